The van der Waals surface area contributed by atoms with E-state index in [1.165, 1.54) is 24.9 Å². The van der Waals surface area contributed by atoms with Crippen LogP contribution in [0.15, 0.2) is 22.7 Å². The first-order valence-electron chi connectivity index (χ1n) is 7.11. The summed E-state index contributed by atoms with van der Waals surface area (Å²) in [5, 5.41) is 0. The van der Waals surface area contributed by atoms with E-state index in [-0.39, 0.29) is 0 Å². The number of benzene rings is 1. The standard InChI is InChI=1S/C16H22BrNO/c1-12(2)14-4-3-8-18(9-7-14)16-6-5-13(11-19)10-15(16)17/h5-6,10-12,14H,3-4,7-9H2,1-2H3. The van der Waals surface area contributed by atoms with Crippen LogP contribution in [0.25, 0.3) is 0 Å². The van der Waals surface area contributed by atoms with Crippen molar-refractivity contribution in [3.63, 3.8) is 0 Å². The van der Waals surface area contributed by atoms with Gasteiger partial charge in [0.1, 0.15) is 6.29 Å². The van der Waals surface area contributed by atoms with Gasteiger partial charge in [-0.05, 0) is 65.2 Å². The van der Waals surface area contributed by atoms with E-state index in [0.717, 1.165) is 41.2 Å². The number of hydrogen-bond donors (Lipinski definition) is 0. The Kier molecular flexibility index (Phi) is 5.03. The van der Waals surface area contributed by atoms with Crippen LogP contribution in [0.5, 0.6) is 0 Å². The predicted octanol–water partition coefficient (Wildman–Crippen LogP) is 4.52. The summed E-state index contributed by atoms with van der Waals surface area (Å²) in [6.07, 6.45) is 4.74. The molecule has 0 radical (unpaired) electrons. The quantitative estimate of drug-likeness (QED) is 0.762. The van der Waals surface area contributed by atoms with Crippen LogP contribution in [0.3, 0.4) is 0 Å². The number of halogens is 1. The Morgan fingerprint density at radius 2 is 2.11 bits per heavy atom. The van der Waals surface area contributed by atoms with Crippen molar-refractivity contribution < 1.29 is 4.79 Å². The summed E-state index contributed by atoms with van der Waals surface area (Å²) in [4.78, 5) is 13.2. The van der Waals surface area contributed by atoms with Crippen molar-refractivity contribution in [3.05, 3.63) is 28.2 Å². The Morgan fingerprint density at radius 3 is 2.74 bits per heavy atom. The van der Waals surface area contributed by atoms with E-state index in [2.05, 4.69) is 40.7 Å². The molecule has 1 aromatic rings. The van der Waals surface area contributed by atoms with Gasteiger partial charge in [-0.15, -0.1) is 0 Å². The van der Waals surface area contributed by atoms with Crippen molar-refractivity contribution in [2.24, 2.45) is 11.8 Å². The molecule has 0 N–H and O–H groups in total. The lowest BCUT2D eigenvalue weighted by Gasteiger charge is -2.25. The highest BCUT2D eigenvalue weighted by Gasteiger charge is 2.20. The molecule has 2 nitrogen and oxygen atoms in total. The Bertz CT molecular complexity index is 444. The van der Waals surface area contributed by atoms with Crippen LogP contribution in [0.2, 0.25) is 0 Å². The fraction of sp³-hybridized carbons (Fsp3) is 0.562. The molecule has 0 bridgehead atoms. The minimum absolute atomic E-state index is 0.727. The van der Waals surface area contributed by atoms with Crippen molar-refractivity contribution in [3.8, 4) is 0 Å². The molecule has 1 aliphatic rings. The third-order valence-electron chi connectivity index (χ3n) is 4.16. The number of carbonyl (C=O) groups excluding carboxylic acids is 1. The Balaban J connectivity index is 2.12. The first-order valence-corrected chi connectivity index (χ1v) is 7.90. The fourth-order valence-corrected chi connectivity index (χ4v) is 3.53. The fourth-order valence-electron chi connectivity index (χ4n) is 2.88. The van der Waals surface area contributed by atoms with E-state index in [4.69, 9.17) is 0 Å². The molecule has 0 spiro atoms. The molecule has 19 heavy (non-hydrogen) atoms. The maximum Gasteiger partial charge on any atom is 0.150 e. The van der Waals surface area contributed by atoms with Crippen LogP contribution >= 0.6 is 15.9 Å². The maximum absolute atomic E-state index is 10.8. The molecule has 1 saturated heterocycles. The second-order valence-electron chi connectivity index (χ2n) is 5.75. The summed E-state index contributed by atoms with van der Waals surface area (Å²) in [5.74, 6) is 1.62. The van der Waals surface area contributed by atoms with Crippen molar-refractivity contribution >= 4 is 27.9 Å². The van der Waals surface area contributed by atoms with E-state index < -0.39 is 0 Å². The monoisotopic (exact) mass is 323 g/mol. The lowest BCUT2D eigenvalue weighted by atomic mass is 9.89. The van der Waals surface area contributed by atoms with Crippen LogP contribution in [0, 0.1) is 11.8 Å². The number of carbonyl (C=O) groups is 1. The van der Waals surface area contributed by atoms with Crippen LogP contribution in [-0.2, 0) is 0 Å². The molecule has 1 aliphatic heterocycles. The number of rotatable bonds is 3. The average molecular weight is 324 g/mol. The van der Waals surface area contributed by atoms with E-state index in [1.54, 1.807) is 0 Å². The zero-order chi connectivity index (χ0) is 13.8. The van der Waals surface area contributed by atoms with E-state index in [9.17, 15) is 4.79 Å². The van der Waals surface area contributed by atoms with Crippen molar-refractivity contribution in [2.45, 2.75) is 33.1 Å². The number of aldehydes is 1. The molecular formula is C16H22BrNO. The summed E-state index contributed by atoms with van der Waals surface area (Å²) >= 11 is 3.59. The third kappa shape index (κ3) is 3.59. The molecule has 0 aromatic heterocycles. The van der Waals surface area contributed by atoms with Gasteiger partial charge in [0.05, 0.1) is 5.69 Å². The minimum atomic E-state index is 0.727. The molecule has 1 atom stereocenters. The van der Waals surface area contributed by atoms with Crippen molar-refractivity contribution in [2.75, 3.05) is 18.0 Å². The largest absolute Gasteiger partial charge is 0.371 e. The number of hydrogen-bond acceptors (Lipinski definition) is 2. The summed E-state index contributed by atoms with van der Waals surface area (Å²) in [6, 6.07) is 5.87. The third-order valence-corrected chi connectivity index (χ3v) is 4.80. The molecular weight excluding hydrogens is 302 g/mol. The van der Waals surface area contributed by atoms with Gasteiger partial charge in [0.25, 0.3) is 0 Å². The smallest absolute Gasteiger partial charge is 0.150 e. The minimum Gasteiger partial charge on any atom is -0.371 e. The SMILES string of the molecule is CC(C)C1CCCN(c2ccc(C=O)cc2Br)CC1. The lowest BCUT2D eigenvalue weighted by Crippen LogP contribution is -2.24. The van der Waals surface area contributed by atoms with E-state index >= 15 is 0 Å². The van der Waals surface area contributed by atoms with Gasteiger partial charge in [-0.1, -0.05) is 13.8 Å². The molecule has 2 rings (SSSR count). The number of nitrogens with zero attached hydrogens (tertiary/aromatic N) is 1. The second-order valence-corrected chi connectivity index (χ2v) is 6.61. The first kappa shape index (κ1) is 14.6. The molecule has 1 fully saturated rings. The zero-order valence-electron chi connectivity index (χ0n) is 11.7. The van der Waals surface area contributed by atoms with Gasteiger partial charge in [0.2, 0.25) is 0 Å². The predicted molar refractivity (Wildman–Crippen MR) is 83.9 cm³/mol. The van der Waals surface area contributed by atoms with Gasteiger partial charge in [-0.2, -0.15) is 0 Å². The Labute approximate surface area is 124 Å². The highest BCUT2D eigenvalue weighted by molar-refractivity contribution is 9.10. The molecule has 0 amide bonds. The summed E-state index contributed by atoms with van der Waals surface area (Å²) in [7, 11) is 0. The Morgan fingerprint density at radius 1 is 1.32 bits per heavy atom. The van der Waals surface area contributed by atoms with Gasteiger partial charge in [-0.25, -0.2) is 0 Å². The number of anilines is 1. The van der Waals surface area contributed by atoms with E-state index in [0.29, 0.717) is 0 Å². The van der Waals surface area contributed by atoms with Crippen LogP contribution in [0.4, 0.5) is 5.69 Å². The van der Waals surface area contributed by atoms with Crippen molar-refractivity contribution in [1.82, 2.24) is 0 Å². The highest BCUT2D eigenvalue weighted by Crippen LogP contribution is 2.31. The Hall–Kier alpha value is -0.830. The normalized spacial score (nSPS) is 20.4. The van der Waals surface area contributed by atoms with Gasteiger partial charge >= 0.3 is 0 Å². The molecule has 0 saturated carbocycles. The van der Waals surface area contributed by atoms with Crippen molar-refractivity contribution in [1.29, 1.82) is 0 Å². The second kappa shape index (κ2) is 6.56. The van der Waals surface area contributed by atoms with Gasteiger partial charge in [0, 0.05) is 23.1 Å². The van der Waals surface area contributed by atoms with E-state index in [1.807, 2.05) is 12.1 Å². The highest BCUT2D eigenvalue weighted by atomic mass is 79.9. The lowest BCUT2D eigenvalue weighted by molar-refractivity contribution is 0.112. The van der Waals surface area contributed by atoms with Crippen LogP contribution in [-0.4, -0.2) is 19.4 Å². The molecule has 1 aromatic carbocycles. The van der Waals surface area contributed by atoms with Gasteiger partial charge in [-0.3, -0.25) is 4.79 Å². The van der Waals surface area contributed by atoms with Gasteiger partial charge in [0.15, 0.2) is 0 Å². The van der Waals surface area contributed by atoms with Gasteiger partial charge < -0.3 is 4.90 Å². The zero-order valence-corrected chi connectivity index (χ0v) is 13.3. The summed E-state index contributed by atoms with van der Waals surface area (Å²) in [5.41, 5.74) is 1.94. The maximum atomic E-state index is 10.8. The molecule has 104 valence electrons. The molecule has 1 unspecified atom stereocenters. The van der Waals surface area contributed by atoms with Crippen LogP contribution < -0.4 is 4.90 Å². The summed E-state index contributed by atoms with van der Waals surface area (Å²) < 4.78 is 1.03. The summed E-state index contributed by atoms with van der Waals surface area (Å²) in [6.45, 7) is 6.88. The molecule has 3 heteroatoms. The van der Waals surface area contributed by atoms with Crippen LogP contribution in [0.1, 0.15) is 43.5 Å². The molecule has 1 heterocycles. The average Bonchev–Trinajstić information content (AvgIpc) is 2.64. The first-order chi connectivity index (χ1) is 9.11. The molecule has 0 aliphatic carbocycles. The topological polar surface area (TPSA) is 20.3 Å².